The molecule has 0 N–H and O–H groups in total. The summed E-state index contributed by atoms with van der Waals surface area (Å²) in [4.78, 5) is 19.1. The lowest BCUT2D eigenvalue weighted by Crippen LogP contribution is -2.32. The van der Waals surface area contributed by atoms with Gasteiger partial charge in [0.15, 0.2) is 0 Å². The third kappa shape index (κ3) is 1.90. The normalized spacial score (nSPS) is 14.6. The van der Waals surface area contributed by atoms with E-state index in [4.69, 9.17) is 6.57 Å². The highest BCUT2D eigenvalue weighted by Crippen LogP contribution is 1.93. The molecule has 56 valence electrons. The Morgan fingerprint density at radius 3 is 3.18 bits per heavy atom. The van der Waals surface area contributed by atoms with Gasteiger partial charge >= 0.3 is 5.91 Å². The smallest absolute Gasteiger partial charge is 0.306 e. The maximum absolute atomic E-state index is 11.0. The Balaban J connectivity index is 2.50. The zero-order valence-electron chi connectivity index (χ0n) is 5.90. The van der Waals surface area contributed by atoms with Gasteiger partial charge in [0.1, 0.15) is 0 Å². The van der Waals surface area contributed by atoms with E-state index in [2.05, 4.69) is 9.84 Å². The lowest BCUT2D eigenvalue weighted by atomic mass is 10.4. The third-order valence-electron chi connectivity index (χ3n) is 1.23. The van der Waals surface area contributed by atoms with Crippen molar-refractivity contribution in [3.8, 4) is 0 Å². The van der Waals surface area contributed by atoms with E-state index < -0.39 is 0 Å². The van der Waals surface area contributed by atoms with Crippen molar-refractivity contribution >= 4 is 12.2 Å². The summed E-state index contributed by atoms with van der Waals surface area (Å²) in [6, 6.07) is 0. The van der Waals surface area contributed by atoms with Crippen LogP contribution in [0.1, 0.15) is 0 Å². The minimum atomic E-state index is -0.201. The number of nitrogens with zero attached hydrogens (tertiary/aromatic N) is 3. The lowest BCUT2D eigenvalue weighted by Gasteiger charge is -2.13. The number of amides is 1. The number of carbonyl (C=O) groups excluding carboxylic acids is 1. The summed E-state index contributed by atoms with van der Waals surface area (Å²) < 4.78 is 0. The van der Waals surface area contributed by atoms with E-state index in [-0.39, 0.29) is 12.5 Å². The van der Waals surface area contributed by atoms with E-state index in [9.17, 15) is 4.79 Å². The summed E-state index contributed by atoms with van der Waals surface area (Å²) in [7, 11) is 0. The molecular formula is C7H7N3O. The molecule has 1 amide bonds. The van der Waals surface area contributed by atoms with Gasteiger partial charge < -0.3 is 4.85 Å². The Bertz CT molecular complexity index is 249. The highest BCUT2D eigenvalue weighted by molar-refractivity contribution is 5.90. The fraction of sp³-hybridized carbons (Fsp3) is 0.286. The zero-order chi connectivity index (χ0) is 8.10. The van der Waals surface area contributed by atoms with Crippen molar-refractivity contribution in [2.45, 2.75) is 0 Å². The summed E-state index contributed by atoms with van der Waals surface area (Å²) in [5.74, 6) is -0.201. The van der Waals surface area contributed by atoms with Crippen LogP contribution >= 0.6 is 0 Å². The predicted molar refractivity (Wildman–Crippen MR) is 40.8 cm³/mol. The van der Waals surface area contributed by atoms with E-state index in [0.29, 0.717) is 6.54 Å². The van der Waals surface area contributed by atoms with E-state index in [1.165, 1.54) is 11.2 Å². The first-order chi connectivity index (χ1) is 5.34. The molecule has 0 spiro atoms. The summed E-state index contributed by atoms with van der Waals surface area (Å²) in [6.45, 7) is 6.89. The van der Waals surface area contributed by atoms with Crippen LogP contribution in [0, 0.1) is 6.57 Å². The van der Waals surface area contributed by atoms with Gasteiger partial charge in [-0.3, -0.25) is 9.69 Å². The molecule has 0 bridgehead atoms. The fourth-order valence-electron chi connectivity index (χ4n) is 0.712. The van der Waals surface area contributed by atoms with Crippen LogP contribution in [0.4, 0.5) is 0 Å². The number of hydrogen-bond acceptors (Lipinski definition) is 2. The van der Waals surface area contributed by atoms with Gasteiger partial charge in [0.2, 0.25) is 0 Å². The number of aliphatic imine (C=N–C) groups is 1. The molecule has 4 heteroatoms. The van der Waals surface area contributed by atoms with Crippen molar-refractivity contribution in [2.75, 3.05) is 13.1 Å². The molecular weight excluding hydrogens is 142 g/mol. The number of hydrogen-bond donors (Lipinski definition) is 0. The van der Waals surface area contributed by atoms with Crippen molar-refractivity contribution in [2.24, 2.45) is 4.99 Å². The number of rotatable bonds is 1. The molecule has 0 aliphatic carbocycles. The average Bonchev–Trinajstić information content (AvgIpc) is 2.07. The molecule has 0 radical (unpaired) electrons. The van der Waals surface area contributed by atoms with Crippen LogP contribution < -0.4 is 0 Å². The number of carbonyl (C=O) groups is 1. The van der Waals surface area contributed by atoms with Crippen LogP contribution in [0.25, 0.3) is 4.85 Å². The fourth-order valence-corrected chi connectivity index (χ4v) is 0.712. The van der Waals surface area contributed by atoms with Gasteiger partial charge in [0, 0.05) is 12.7 Å². The van der Waals surface area contributed by atoms with Gasteiger partial charge in [0.05, 0.1) is 6.34 Å². The molecule has 1 rings (SSSR count). The van der Waals surface area contributed by atoms with E-state index in [1.54, 1.807) is 12.3 Å². The Kier molecular flexibility index (Phi) is 2.39. The van der Waals surface area contributed by atoms with Gasteiger partial charge in [-0.05, 0) is 6.08 Å². The standard InChI is InChI=1S/C7H7N3O/c1-8-5-7(11)10-4-2-3-9-6-10/h2-3,6H,4-5H2. The van der Waals surface area contributed by atoms with Gasteiger partial charge in [-0.25, -0.2) is 11.6 Å². The Hall–Kier alpha value is -1.63. The van der Waals surface area contributed by atoms with E-state index in [1.807, 2.05) is 0 Å². The second-order valence-corrected chi connectivity index (χ2v) is 2.01. The van der Waals surface area contributed by atoms with Crippen LogP contribution in [0.5, 0.6) is 0 Å². The Morgan fingerprint density at radius 2 is 2.64 bits per heavy atom. The van der Waals surface area contributed by atoms with E-state index >= 15 is 0 Å². The predicted octanol–water partition coefficient (Wildman–Crippen LogP) is 0.290. The molecule has 1 aliphatic heterocycles. The maximum Gasteiger partial charge on any atom is 0.308 e. The quantitative estimate of drug-likeness (QED) is 0.494. The van der Waals surface area contributed by atoms with E-state index in [0.717, 1.165) is 0 Å². The molecule has 0 atom stereocenters. The van der Waals surface area contributed by atoms with Crippen LogP contribution in [0.2, 0.25) is 0 Å². The Morgan fingerprint density at radius 1 is 1.82 bits per heavy atom. The molecule has 0 aromatic heterocycles. The highest BCUT2D eigenvalue weighted by Gasteiger charge is 2.12. The SMILES string of the molecule is [C-]#[N+]CC(=O)N1C=NC=CC1. The third-order valence-corrected chi connectivity index (χ3v) is 1.23. The van der Waals surface area contributed by atoms with Crippen molar-refractivity contribution in [1.82, 2.24) is 4.90 Å². The lowest BCUT2D eigenvalue weighted by molar-refractivity contribution is -0.124. The molecule has 0 fully saturated rings. The maximum atomic E-state index is 11.0. The molecule has 0 unspecified atom stereocenters. The first-order valence-corrected chi connectivity index (χ1v) is 3.15. The highest BCUT2D eigenvalue weighted by atomic mass is 16.2. The van der Waals surface area contributed by atoms with Crippen LogP contribution in [-0.4, -0.2) is 30.2 Å². The first-order valence-electron chi connectivity index (χ1n) is 3.15. The Labute approximate surface area is 64.7 Å². The minimum Gasteiger partial charge on any atom is -0.306 e. The van der Waals surface area contributed by atoms with Crippen molar-refractivity contribution in [1.29, 1.82) is 0 Å². The van der Waals surface area contributed by atoms with Crippen molar-refractivity contribution < 1.29 is 4.79 Å². The molecule has 0 aromatic carbocycles. The molecule has 1 aliphatic rings. The second-order valence-electron chi connectivity index (χ2n) is 2.01. The largest absolute Gasteiger partial charge is 0.308 e. The van der Waals surface area contributed by atoms with Gasteiger partial charge in [-0.1, -0.05) is 0 Å². The van der Waals surface area contributed by atoms with Crippen LogP contribution in [0.15, 0.2) is 17.3 Å². The molecule has 1 heterocycles. The zero-order valence-corrected chi connectivity index (χ0v) is 5.90. The molecule has 0 saturated heterocycles. The van der Waals surface area contributed by atoms with Gasteiger partial charge in [-0.15, -0.1) is 0 Å². The summed E-state index contributed by atoms with van der Waals surface area (Å²) in [5.41, 5.74) is 0. The van der Waals surface area contributed by atoms with Crippen LogP contribution in [-0.2, 0) is 4.79 Å². The summed E-state index contributed by atoms with van der Waals surface area (Å²) in [5, 5.41) is 0. The monoisotopic (exact) mass is 149 g/mol. The first kappa shape index (κ1) is 7.48. The average molecular weight is 149 g/mol. The molecule has 4 nitrogen and oxygen atoms in total. The van der Waals surface area contributed by atoms with Crippen LogP contribution in [0.3, 0.4) is 0 Å². The molecule has 0 saturated carbocycles. The second kappa shape index (κ2) is 3.52. The van der Waals surface area contributed by atoms with Crippen molar-refractivity contribution in [3.63, 3.8) is 0 Å². The van der Waals surface area contributed by atoms with Gasteiger partial charge in [-0.2, -0.15) is 0 Å². The minimum absolute atomic E-state index is 0.0974. The van der Waals surface area contributed by atoms with Crippen molar-refractivity contribution in [3.05, 3.63) is 23.7 Å². The molecule has 0 aromatic rings. The topological polar surface area (TPSA) is 37.0 Å². The van der Waals surface area contributed by atoms with Gasteiger partial charge in [0.25, 0.3) is 6.54 Å². The summed E-state index contributed by atoms with van der Waals surface area (Å²) >= 11 is 0. The summed E-state index contributed by atoms with van der Waals surface area (Å²) in [6.07, 6.45) is 4.83. The molecule has 11 heavy (non-hydrogen) atoms.